The Bertz CT molecular complexity index is 760. The van der Waals surface area contributed by atoms with Gasteiger partial charge < -0.3 is 14.0 Å². The maximum Gasteiger partial charge on any atom is 0.428 e. The van der Waals surface area contributed by atoms with Crippen molar-refractivity contribution in [3.8, 4) is 0 Å². The highest BCUT2D eigenvalue weighted by atomic mass is 127. The molecule has 2 atom stereocenters. The molecule has 0 heterocycles. The SMILES string of the molecule is CC(C)(I)C(=O)OC12CC3CC(C1)CC(OC(=O)C(F)(F)S(=O)(=O)[O-])(C3)C2. The fraction of sp³-hybridized carbons (Fsp3) is 0.875. The van der Waals surface area contributed by atoms with E-state index in [2.05, 4.69) is 0 Å². The summed E-state index contributed by atoms with van der Waals surface area (Å²) in [6.45, 7) is 3.37. The van der Waals surface area contributed by atoms with Crippen LogP contribution in [0.25, 0.3) is 0 Å². The van der Waals surface area contributed by atoms with E-state index in [1.807, 2.05) is 22.6 Å². The number of hydrogen-bond donors (Lipinski definition) is 0. The Kier molecular flexibility index (Phi) is 4.87. The van der Waals surface area contributed by atoms with Gasteiger partial charge in [0.15, 0.2) is 10.1 Å². The fourth-order valence-electron chi connectivity index (χ4n) is 5.01. The van der Waals surface area contributed by atoms with Gasteiger partial charge in [0.1, 0.15) is 14.6 Å². The normalized spacial score (nSPS) is 35.8. The lowest BCUT2D eigenvalue weighted by Gasteiger charge is -2.60. The molecule has 4 aliphatic carbocycles. The van der Waals surface area contributed by atoms with Gasteiger partial charge in [-0.05, 0) is 57.8 Å². The third-order valence-electron chi connectivity index (χ3n) is 5.61. The standard InChI is InChI=1S/C16H21F2IO7S/c1-13(2,19)11(20)25-14-4-9-3-10(5-14)7-15(6-9,8-14)26-12(21)16(17,18)27(22,23)24/h9-10H,3-8H2,1-2H3,(H,22,23,24)/p-1. The molecule has 0 saturated heterocycles. The molecule has 4 saturated carbocycles. The van der Waals surface area contributed by atoms with Gasteiger partial charge >= 0.3 is 17.2 Å². The number of alkyl halides is 3. The van der Waals surface area contributed by atoms with E-state index in [1.165, 1.54) is 0 Å². The van der Waals surface area contributed by atoms with Crippen LogP contribution < -0.4 is 0 Å². The second kappa shape index (κ2) is 6.22. The van der Waals surface area contributed by atoms with Gasteiger partial charge in [-0.2, -0.15) is 8.78 Å². The average molecular weight is 521 g/mol. The Hall–Kier alpha value is -0.560. The summed E-state index contributed by atoms with van der Waals surface area (Å²) in [5.41, 5.74) is -2.26. The van der Waals surface area contributed by atoms with E-state index < -0.39 is 41.9 Å². The minimum atomic E-state index is -6.18. The number of carbonyl (C=O) groups excluding carboxylic acids is 2. The van der Waals surface area contributed by atoms with Gasteiger partial charge in [-0.3, -0.25) is 4.79 Å². The first kappa shape index (κ1) is 21.2. The van der Waals surface area contributed by atoms with Crippen LogP contribution >= 0.6 is 22.6 Å². The molecule has 0 aromatic carbocycles. The van der Waals surface area contributed by atoms with E-state index in [9.17, 15) is 31.3 Å². The Morgan fingerprint density at radius 1 is 1.04 bits per heavy atom. The van der Waals surface area contributed by atoms with Crippen LogP contribution in [-0.4, -0.2) is 44.8 Å². The molecule has 0 N–H and O–H groups in total. The molecule has 0 aliphatic heterocycles. The summed E-state index contributed by atoms with van der Waals surface area (Å²) >= 11 is 1.94. The number of carbonyl (C=O) groups is 2. The predicted octanol–water partition coefficient (Wildman–Crippen LogP) is 2.52. The highest BCUT2D eigenvalue weighted by Gasteiger charge is 2.63. The van der Waals surface area contributed by atoms with Crippen LogP contribution in [0.5, 0.6) is 0 Å². The molecule has 2 unspecified atom stereocenters. The molecular weight excluding hydrogens is 501 g/mol. The summed E-state index contributed by atoms with van der Waals surface area (Å²) in [6.07, 6.45) is 2.53. The fourth-order valence-corrected chi connectivity index (χ4v) is 5.37. The summed E-state index contributed by atoms with van der Waals surface area (Å²) in [5.74, 6) is -2.77. The van der Waals surface area contributed by atoms with Crippen molar-refractivity contribution in [1.82, 2.24) is 0 Å². The molecule has 11 heteroatoms. The van der Waals surface area contributed by atoms with Crippen molar-refractivity contribution < 1.29 is 40.8 Å². The largest absolute Gasteiger partial charge is 0.743 e. The summed E-state index contributed by atoms with van der Waals surface area (Å²) in [5, 5.41) is -5.15. The molecule has 0 radical (unpaired) electrons. The molecule has 27 heavy (non-hydrogen) atoms. The molecule has 0 spiro atoms. The lowest BCUT2D eigenvalue weighted by Crippen LogP contribution is -2.63. The highest BCUT2D eigenvalue weighted by molar-refractivity contribution is 14.1. The summed E-state index contributed by atoms with van der Waals surface area (Å²) in [7, 11) is -6.18. The lowest BCUT2D eigenvalue weighted by atomic mass is 9.52. The Morgan fingerprint density at radius 3 is 1.81 bits per heavy atom. The van der Waals surface area contributed by atoms with E-state index in [0.29, 0.717) is 12.8 Å². The van der Waals surface area contributed by atoms with Gasteiger partial charge in [-0.25, -0.2) is 13.2 Å². The minimum absolute atomic E-state index is 0.0154. The van der Waals surface area contributed by atoms with Crippen molar-refractivity contribution in [3.05, 3.63) is 0 Å². The molecule has 0 aromatic heterocycles. The number of esters is 2. The third-order valence-corrected chi connectivity index (χ3v) is 6.84. The summed E-state index contributed by atoms with van der Waals surface area (Å²) in [4.78, 5) is 24.2. The lowest BCUT2D eigenvalue weighted by molar-refractivity contribution is -0.238. The van der Waals surface area contributed by atoms with Gasteiger partial charge in [0, 0.05) is 6.42 Å². The molecule has 0 amide bonds. The first-order valence-corrected chi connectivity index (χ1v) is 11.1. The summed E-state index contributed by atoms with van der Waals surface area (Å²) in [6, 6.07) is 0. The van der Waals surface area contributed by atoms with E-state index in [0.717, 1.165) is 6.42 Å². The average Bonchev–Trinajstić information content (AvgIpc) is 2.42. The molecule has 4 fully saturated rings. The third kappa shape index (κ3) is 3.83. The van der Waals surface area contributed by atoms with Gasteiger partial charge in [-0.15, -0.1) is 0 Å². The van der Waals surface area contributed by atoms with Gasteiger partial charge in [0.25, 0.3) is 0 Å². The quantitative estimate of drug-likeness (QED) is 0.237. The van der Waals surface area contributed by atoms with Crippen LogP contribution in [0.2, 0.25) is 0 Å². The Labute approximate surface area is 169 Å². The zero-order chi connectivity index (χ0) is 20.5. The molecule has 7 nitrogen and oxygen atoms in total. The first-order chi connectivity index (χ1) is 12.1. The predicted molar refractivity (Wildman–Crippen MR) is 95.1 cm³/mol. The van der Waals surface area contributed by atoms with Crippen LogP contribution in [0.15, 0.2) is 0 Å². The molecule has 4 bridgehead atoms. The zero-order valence-electron chi connectivity index (χ0n) is 14.8. The van der Waals surface area contributed by atoms with Crippen LogP contribution in [0.3, 0.4) is 0 Å². The summed E-state index contributed by atoms with van der Waals surface area (Å²) < 4.78 is 69.3. The number of halogens is 3. The number of rotatable bonds is 5. The van der Waals surface area contributed by atoms with Crippen molar-refractivity contribution in [2.24, 2.45) is 11.8 Å². The minimum Gasteiger partial charge on any atom is -0.743 e. The maximum absolute atomic E-state index is 13.6. The van der Waals surface area contributed by atoms with Crippen molar-refractivity contribution in [3.63, 3.8) is 0 Å². The van der Waals surface area contributed by atoms with Crippen molar-refractivity contribution in [2.75, 3.05) is 0 Å². The van der Waals surface area contributed by atoms with E-state index >= 15 is 0 Å². The molecule has 0 aromatic rings. The van der Waals surface area contributed by atoms with Crippen LogP contribution in [0, 0.1) is 11.8 Å². The van der Waals surface area contributed by atoms with Crippen molar-refractivity contribution >= 4 is 44.6 Å². The van der Waals surface area contributed by atoms with Crippen molar-refractivity contribution in [2.45, 2.75) is 72.3 Å². The van der Waals surface area contributed by atoms with E-state index in [-0.39, 0.29) is 31.1 Å². The second-order valence-corrected chi connectivity index (χ2v) is 12.7. The van der Waals surface area contributed by atoms with Crippen LogP contribution in [0.1, 0.15) is 52.4 Å². The molecule has 154 valence electrons. The van der Waals surface area contributed by atoms with Gasteiger partial charge in [0.05, 0.1) is 0 Å². The second-order valence-electron chi connectivity index (χ2n) is 8.55. The molecular formula is C16H20F2IO7S-. The van der Waals surface area contributed by atoms with Gasteiger partial charge in [0.2, 0.25) is 0 Å². The Morgan fingerprint density at radius 2 is 1.44 bits per heavy atom. The smallest absolute Gasteiger partial charge is 0.428 e. The maximum atomic E-state index is 13.6. The number of hydrogen-bond acceptors (Lipinski definition) is 7. The van der Waals surface area contributed by atoms with Crippen LogP contribution in [0.4, 0.5) is 8.78 Å². The molecule has 4 aliphatic rings. The first-order valence-electron chi connectivity index (χ1n) is 8.57. The topological polar surface area (TPSA) is 110 Å². The number of ether oxygens (including phenoxy) is 2. The van der Waals surface area contributed by atoms with E-state index in [4.69, 9.17) is 9.47 Å². The Balaban J connectivity index is 1.85. The highest BCUT2D eigenvalue weighted by Crippen LogP contribution is 2.60. The van der Waals surface area contributed by atoms with Crippen LogP contribution in [-0.2, 0) is 29.2 Å². The van der Waals surface area contributed by atoms with E-state index in [1.54, 1.807) is 13.8 Å². The molecule has 4 rings (SSSR count). The monoisotopic (exact) mass is 521 g/mol. The van der Waals surface area contributed by atoms with Gasteiger partial charge in [-0.1, -0.05) is 22.6 Å². The van der Waals surface area contributed by atoms with Crippen molar-refractivity contribution in [1.29, 1.82) is 0 Å². The zero-order valence-corrected chi connectivity index (χ0v) is 17.8.